The standard InChI is InChI=1S/C13H15N2P/c1-16(12-8-4-2-6-10(12)14)13-9-5-3-7-11(13)15/h2-9H,14-15H2,1H3. The molecule has 2 rings (SSSR count). The summed E-state index contributed by atoms with van der Waals surface area (Å²) in [4.78, 5) is 0. The minimum atomic E-state index is -0.462. The molecule has 0 aliphatic rings. The van der Waals surface area contributed by atoms with Crippen molar-refractivity contribution < 1.29 is 0 Å². The van der Waals surface area contributed by atoms with Gasteiger partial charge in [0.15, 0.2) is 0 Å². The second kappa shape index (κ2) is 4.54. The van der Waals surface area contributed by atoms with Crippen LogP contribution in [0.5, 0.6) is 0 Å². The van der Waals surface area contributed by atoms with Crippen LogP contribution in [0.2, 0.25) is 0 Å². The highest BCUT2D eigenvalue weighted by Crippen LogP contribution is 2.32. The minimum Gasteiger partial charge on any atom is -0.398 e. The van der Waals surface area contributed by atoms with E-state index < -0.39 is 7.92 Å². The van der Waals surface area contributed by atoms with Gasteiger partial charge >= 0.3 is 0 Å². The second-order valence-corrected chi connectivity index (χ2v) is 5.76. The number of rotatable bonds is 2. The smallest absolute Gasteiger partial charge is 0.0395 e. The van der Waals surface area contributed by atoms with E-state index in [9.17, 15) is 0 Å². The van der Waals surface area contributed by atoms with Gasteiger partial charge in [-0.3, -0.25) is 0 Å². The lowest BCUT2D eigenvalue weighted by atomic mass is 10.3. The molecule has 3 heteroatoms. The van der Waals surface area contributed by atoms with Gasteiger partial charge in [-0.05, 0) is 26.7 Å². The Bertz CT molecular complexity index is 451. The van der Waals surface area contributed by atoms with Crippen molar-refractivity contribution in [3.63, 3.8) is 0 Å². The molecule has 0 bridgehead atoms. The number of anilines is 2. The third-order valence-electron chi connectivity index (χ3n) is 2.60. The first-order valence-corrected chi connectivity index (χ1v) is 6.92. The van der Waals surface area contributed by atoms with Gasteiger partial charge in [-0.25, -0.2) is 0 Å². The number of para-hydroxylation sites is 2. The third kappa shape index (κ3) is 2.02. The second-order valence-electron chi connectivity index (χ2n) is 3.68. The van der Waals surface area contributed by atoms with Crippen LogP contribution in [0.1, 0.15) is 0 Å². The molecule has 2 aromatic rings. The highest BCUT2D eigenvalue weighted by molar-refractivity contribution is 7.72. The molecule has 0 saturated heterocycles. The Hall–Kier alpha value is -1.53. The molecule has 82 valence electrons. The van der Waals surface area contributed by atoms with Gasteiger partial charge in [-0.15, -0.1) is 0 Å². The van der Waals surface area contributed by atoms with Gasteiger partial charge in [-0.1, -0.05) is 36.4 Å². The van der Waals surface area contributed by atoms with E-state index in [1.54, 1.807) is 0 Å². The molecule has 0 amide bonds. The van der Waals surface area contributed by atoms with Crippen LogP contribution in [-0.4, -0.2) is 6.66 Å². The van der Waals surface area contributed by atoms with Crippen LogP contribution in [0.25, 0.3) is 0 Å². The van der Waals surface area contributed by atoms with Crippen LogP contribution < -0.4 is 22.1 Å². The maximum Gasteiger partial charge on any atom is 0.0395 e. The maximum absolute atomic E-state index is 5.98. The highest BCUT2D eigenvalue weighted by Gasteiger charge is 2.12. The van der Waals surface area contributed by atoms with E-state index in [1.807, 2.05) is 36.4 Å². The molecule has 0 atom stereocenters. The largest absolute Gasteiger partial charge is 0.398 e. The summed E-state index contributed by atoms with van der Waals surface area (Å²) >= 11 is 0. The zero-order chi connectivity index (χ0) is 11.5. The van der Waals surface area contributed by atoms with Crippen molar-refractivity contribution in [2.45, 2.75) is 0 Å². The molecule has 0 aromatic heterocycles. The molecule has 0 fully saturated rings. The van der Waals surface area contributed by atoms with Gasteiger partial charge in [-0.2, -0.15) is 0 Å². The summed E-state index contributed by atoms with van der Waals surface area (Å²) < 4.78 is 0. The fraction of sp³-hybridized carbons (Fsp3) is 0.0769. The first-order chi connectivity index (χ1) is 7.70. The van der Waals surface area contributed by atoms with Crippen LogP contribution >= 0.6 is 7.92 Å². The van der Waals surface area contributed by atoms with Gasteiger partial charge < -0.3 is 11.5 Å². The molecule has 0 spiro atoms. The summed E-state index contributed by atoms with van der Waals surface area (Å²) in [5, 5.41) is 2.38. The fourth-order valence-corrected chi connectivity index (χ4v) is 3.52. The molecule has 0 aliphatic carbocycles. The Balaban J connectivity index is 2.44. The van der Waals surface area contributed by atoms with E-state index in [-0.39, 0.29) is 0 Å². The molecule has 0 aliphatic heterocycles. The molecule has 0 saturated carbocycles. The van der Waals surface area contributed by atoms with Crippen LogP contribution in [0.4, 0.5) is 11.4 Å². The summed E-state index contributed by atoms with van der Waals surface area (Å²) in [5.74, 6) is 0. The number of nitrogen functional groups attached to an aromatic ring is 2. The number of benzene rings is 2. The van der Waals surface area contributed by atoms with Gasteiger partial charge in [0.2, 0.25) is 0 Å². The van der Waals surface area contributed by atoms with Gasteiger partial charge in [0.1, 0.15) is 0 Å². The Morgan fingerprint density at radius 1 is 0.750 bits per heavy atom. The van der Waals surface area contributed by atoms with Gasteiger partial charge in [0, 0.05) is 22.0 Å². The van der Waals surface area contributed by atoms with Crippen LogP contribution in [0.3, 0.4) is 0 Å². The van der Waals surface area contributed by atoms with Crippen LogP contribution in [-0.2, 0) is 0 Å². The third-order valence-corrected chi connectivity index (χ3v) is 4.86. The van der Waals surface area contributed by atoms with Crippen molar-refractivity contribution in [1.82, 2.24) is 0 Å². The zero-order valence-corrected chi connectivity index (χ0v) is 10.1. The lowest BCUT2D eigenvalue weighted by Crippen LogP contribution is -2.17. The van der Waals surface area contributed by atoms with E-state index in [4.69, 9.17) is 11.5 Å². The van der Waals surface area contributed by atoms with Crippen molar-refractivity contribution in [2.24, 2.45) is 0 Å². The Kier molecular flexibility index (Phi) is 3.12. The Labute approximate surface area is 97.0 Å². The Morgan fingerprint density at radius 3 is 1.50 bits per heavy atom. The Morgan fingerprint density at radius 2 is 1.12 bits per heavy atom. The number of hydrogen-bond acceptors (Lipinski definition) is 2. The van der Waals surface area contributed by atoms with E-state index in [1.165, 1.54) is 10.6 Å². The quantitative estimate of drug-likeness (QED) is 0.611. The first kappa shape index (κ1) is 11.0. The molecule has 0 heterocycles. The van der Waals surface area contributed by atoms with Crippen molar-refractivity contribution in [3.05, 3.63) is 48.5 Å². The van der Waals surface area contributed by atoms with Gasteiger partial charge in [0.05, 0.1) is 0 Å². The molecule has 2 nitrogen and oxygen atoms in total. The van der Waals surface area contributed by atoms with Crippen LogP contribution in [0, 0.1) is 0 Å². The summed E-state index contributed by atoms with van der Waals surface area (Å²) in [7, 11) is -0.462. The van der Waals surface area contributed by atoms with Crippen molar-refractivity contribution in [2.75, 3.05) is 18.1 Å². The number of nitrogens with two attached hydrogens (primary N) is 2. The highest BCUT2D eigenvalue weighted by atomic mass is 31.1. The minimum absolute atomic E-state index is 0.462. The predicted octanol–water partition coefficient (Wildman–Crippen LogP) is 1.91. The fourth-order valence-electron chi connectivity index (χ4n) is 1.72. The molecule has 16 heavy (non-hydrogen) atoms. The average Bonchev–Trinajstić information content (AvgIpc) is 2.29. The zero-order valence-electron chi connectivity index (χ0n) is 9.22. The SMILES string of the molecule is CP(c1ccccc1N)c1ccccc1N. The van der Waals surface area contributed by atoms with E-state index >= 15 is 0 Å². The predicted molar refractivity (Wildman–Crippen MR) is 73.8 cm³/mol. The topological polar surface area (TPSA) is 52.0 Å². The van der Waals surface area contributed by atoms with Crippen molar-refractivity contribution >= 4 is 29.9 Å². The monoisotopic (exact) mass is 230 g/mol. The summed E-state index contributed by atoms with van der Waals surface area (Å²) in [6.07, 6.45) is 0. The lowest BCUT2D eigenvalue weighted by molar-refractivity contribution is 1.72. The molecule has 4 N–H and O–H groups in total. The van der Waals surface area contributed by atoms with Gasteiger partial charge in [0.25, 0.3) is 0 Å². The molecule has 0 radical (unpaired) electrons. The maximum atomic E-state index is 5.98. The number of hydrogen-bond donors (Lipinski definition) is 2. The molecular weight excluding hydrogens is 215 g/mol. The first-order valence-electron chi connectivity index (χ1n) is 5.13. The molecule has 2 aromatic carbocycles. The van der Waals surface area contributed by atoms with E-state index in [0.29, 0.717) is 0 Å². The summed E-state index contributed by atoms with van der Waals surface area (Å²) in [6, 6.07) is 16.0. The normalized spacial score (nSPS) is 10.6. The van der Waals surface area contributed by atoms with E-state index in [0.717, 1.165) is 11.4 Å². The molecule has 0 unspecified atom stereocenters. The summed E-state index contributed by atoms with van der Waals surface area (Å²) in [6.45, 7) is 2.19. The van der Waals surface area contributed by atoms with Crippen molar-refractivity contribution in [1.29, 1.82) is 0 Å². The van der Waals surface area contributed by atoms with E-state index in [2.05, 4.69) is 18.8 Å². The average molecular weight is 230 g/mol. The lowest BCUT2D eigenvalue weighted by Gasteiger charge is -2.16. The molecular formula is C13H15N2P. The van der Waals surface area contributed by atoms with Crippen molar-refractivity contribution in [3.8, 4) is 0 Å². The summed E-state index contributed by atoms with van der Waals surface area (Å²) in [5.41, 5.74) is 13.7. The van der Waals surface area contributed by atoms with Crippen LogP contribution in [0.15, 0.2) is 48.5 Å².